The molecular formula is C11H13BrN2. The molecule has 0 saturated heterocycles. The van der Waals surface area contributed by atoms with Gasteiger partial charge in [0.05, 0.1) is 0 Å². The van der Waals surface area contributed by atoms with Gasteiger partial charge in [-0.15, -0.1) is 0 Å². The molecule has 2 nitrogen and oxygen atoms in total. The van der Waals surface area contributed by atoms with Crippen molar-refractivity contribution < 1.29 is 0 Å². The van der Waals surface area contributed by atoms with Gasteiger partial charge in [0.15, 0.2) is 0 Å². The summed E-state index contributed by atoms with van der Waals surface area (Å²) in [7, 11) is 0. The summed E-state index contributed by atoms with van der Waals surface area (Å²) in [6.45, 7) is 4.01. The molecule has 0 saturated carbocycles. The minimum absolute atomic E-state index is 0.900. The van der Waals surface area contributed by atoms with Gasteiger partial charge in [-0.1, -0.05) is 28.9 Å². The van der Waals surface area contributed by atoms with Crippen molar-refractivity contribution in [2.24, 2.45) is 0 Å². The van der Waals surface area contributed by atoms with Gasteiger partial charge in [0.2, 0.25) is 0 Å². The summed E-state index contributed by atoms with van der Waals surface area (Å²) in [6.07, 6.45) is 0. The predicted molar refractivity (Wildman–Crippen MR) is 63.4 cm³/mol. The van der Waals surface area contributed by atoms with Gasteiger partial charge in [-0.25, -0.2) is 0 Å². The van der Waals surface area contributed by atoms with Gasteiger partial charge in [-0.05, 0) is 24.7 Å². The molecule has 0 aliphatic rings. The molecule has 1 heterocycles. The zero-order chi connectivity index (χ0) is 9.97. The highest BCUT2D eigenvalue weighted by molar-refractivity contribution is 9.10. The maximum Gasteiger partial charge on any atom is 0.0467 e. The first-order valence-corrected chi connectivity index (χ1v) is 5.57. The minimum atomic E-state index is 0.900. The van der Waals surface area contributed by atoms with Crippen molar-refractivity contribution in [3.8, 4) is 0 Å². The molecule has 2 N–H and O–H groups in total. The van der Waals surface area contributed by atoms with Gasteiger partial charge in [0, 0.05) is 27.6 Å². The largest absolute Gasteiger partial charge is 0.357 e. The van der Waals surface area contributed by atoms with E-state index in [0.717, 1.165) is 17.6 Å². The third kappa shape index (κ3) is 1.83. The second-order valence-electron chi connectivity index (χ2n) is 3.28. The molecule has 0 atom stereocenters. The molecule has 0 aliphatic heterocycles. The molecule has 3 heteroatoms. The fourth-order valence-electron chi connectivity index (χ4n) is 1.53. The maximum atomic E-state index is 3.54. The lowest BCUT2D eigenvalue weighted by atomic mass is 10.2. The van der Waals surface area contributed by atoms with E-state index in [1.54, 1.807) is 0 Å². The Morgan fingerprint density at radius 3 is 3.00 bits per heavy atom. The number of hydrogen-bond donors (Lipinski definition) is 2. The molecule has 0 aliphatic carbocycles. The Morgan fingerprint density at radius 1 is 1.43 bits per heavy atom. The van der Waals surface area contributed by atoms with Crippen molar-refractivity contribution in [2.45, 2.75) is 13.5 Å². The molecular weight excluding hydrogens is 240 g/mol. The fourth-order valence-corrected chi connectivity index (χ4v) is 2.01. The van der Waals surface area contributed by atoms with Gasteiger partial charge in [0.1, 0.15) is 0 Å². The number of fused-ring (bicyclic) bond motifs is 1. The van der Waals surface area contributed by atoms with Crippen LogP contribution in [0.15, 0.2) is 28.7 Å². The van der Waals surface area contributed by atoms with E-state index in [-0.39, 0.29) is 0 Å². The first-order valence-electron chi connectivity index (χ1n) is 4.78. The molecule has 1 aromatic heterocycles. The summed E-state index contributed by atoms with van der Waals surface area (Å²) < 4.78 is 1.15. The molecule has 2 aromatic rings. The van der Waals surface area contributed by atoms with Crippen LogP contribution in [-0.4, -0.2) is 11.5 Å². The maximum absolute atomic E-state index is 3.54. The SMILES string of the molecule is CCNCc1cc2c(Br)cccc2[nH]1. The third-order valence-corrected chi connectivity index (χ3v) is 2.92. The molecule has 0 bridgehead atoms. The molecule has 0 fully saturated rings. The number of halogens is 1. The van der Waals surface area contributed by atoms with Gasteiger partial charge in [-0.3, -0.25) is 0 Å². The average Bonchev–Trinajstić information content (AvgIpc) is 2.59. The van der Waals surface area contributed by atoms with Crippen LogP contribution in [0.3, 0.4) is 0 Å². The fraction of sp³-hybridized carbons (Fsp3) is 0.273. The number of aromatic amines is 1. The predicted octanol–water partition coefficient (Wildman–Crippen LogP) is 3.04. The zero-order valence-electron chi connectivity index (χ0n) is 8.10. The second-order valence-corrected chi connectivity index (χ2v) is 4.13. The molecule has 74 valence electrons. The Bertz CT molecular complexity index is 434. The topological polar surface area (TPSA) is 27.8 Å². The van der Waals surface area contributed by atoms with E-state index in [0.29, 0.717) is 0 Å². The van der Waals surface area contributed by atoms with E-state index in [1.807, 2.05) is 6.07 Å². The smallest absolute Gasteiger partial charge is 0.0467 e. The number of nitrogens with one attached hydrogen (secondary N) is 2. The zero-order valence-corrected chi connectivity index (χ0v) is 9.69. The first kappa shape index (κ1) is 9.74. The first-order chi connectivity index (χ1) is 6.81. The lowest BCUT2D eigenvalue weighted by molar-refractivity contribution is 0.715. The highest BCUT2D eigenvalue weighted by atomic mass is 79.9. The Morgan fingerprint density at radius 2 is 2.29 bits per heavy atom. The normalized spacial score (nSPS) is 11.0. The van der Waals surface area contributed by atoms with Crippen LogP contribution in [0.25, 0.3) is 10.9 Å². The summed E-state index contributed by atoms with van der Waals surface area (Å²) in [5, 5.41) is 4.55. The molecule has 0 unspecified atom stereocenters. The quantitative estimate of drug-likeness (QED) is 0.864. The molecule has 2 rings (SSSR count). The summed E-state index contributed by atoms with van der Waals surface area (Å²) in [5.74, 6) is 0. The van der Waals surface area contributed by atoms with E-state index < -0.39 is 0 Å². The Labute approximate surface area is 91.8 Å². The monoisotopic (exact) mass is 252 g/mol. The van der Waals surface area contributed by atoms with Crippen molar-refractivity contribution in [3.05, 3.63) is 34.4 Å². The molecule has 1 aromatic carbocycles. The average molecular weight is 253 g/mol. The number of H-pyrrole nitrogens is 1. The van der Waals surface area contributed by atoms with Crippen LogP contribution in [0.5, 0.6) is 0 Å². The standard InChI is InChI=1S/C11H13BrN2/c1-2-13-7-8-6-9-10(12)4-3-5-11(9)14-8/h3-6,13-14H,2,7H2,1H3. The molecule has 14 heavy (non-hydrogen) atoms. The van der Waals surface area contributed by atoms with Crippen LogP contribution < -0.4 is 5.32 Å². The van der Waals surface area contributed by atoms with Crippen molar-refractivity contribution >= 4 is 26.8 Å². The van der Waals surface area contributed by atoms with Crippen LogP contribution in [0.1, 0.15) is 12.6 Å². The number of benzene rings is 1. The van der Waals surface area contributed by atoms with Crippen molar-refractivity contribution in [1.82, 2.24) is 10.3 Å². The second kappa shape index (κ2) is 4.15. The van der Waals surface area contributed by atoms with Crippen LogP contribution in [0, 0.1) is 0 Å². The van der Waals surface area contributed by atoms with Crippen molar-refractivity contribution in [1.29, 1.82) is 0 Å². The summed E-state index contributed by atoms with van der Waals surface area (Å²) in [5.41, 5.74) is 2.42. The van der Waals surface area contributed by atoms with Gasteiger partial charge < -0.3 is 10.3 Å². The lowest BCUT2D eigenvalue weighted by Gasteiger charge is -1.96. The molecule has 0 spiro atoms. The lowest BCUT2D eigenvalue weighted by Crippen LogP contribution is -2.11. The van der Waals surface area contributed by atoms with E-state index in [1.165, 1.54) is 16.6 Å². The molecule has 0 amide bonds. The Balaban J connectivity index is 2.36. The molecule has 0 radical (unpaired) electrons. The van der Waals surface area contributed by atoms with Crippen LogP contribution in [-0.2, 0) is 6.54 Å². The summed E-state index contributed by atoms with van der Waals surface area (Å²) in [4.78, 5) is 3.38. The van der Waals surface area contributed by atoms with Gasteiger partial charge in [0.25, 0.3) is 0 Å². The summed E-state index contributed by atoms with van der Waals surface area (Å²) >= 11 is 3.54. The van der Waals surface area contributed by atoms with E-state index in [9.17, 15) is 0 Å². The van der Waals surface area contributed by atoms with Gasteiger partial charge in [-0.2, -0.15) is 0 Å². The Hall–Kier alpha value is -0.800. The van der Waals surface area contributed by atoms with Gasteiger partial charge >= 0.3 is 0 Å². The van der Waals surface area contributed by atoms with E-state index in [4.69, 9.17) is 0 Å². The summed E-state index contributed by atoms with van der Waals surface area (Å²) in [6, 6.07) is 8.38. The number of aromatic nitrogens is 1. The van der Waals surface area contributed by atoms with Crippen LogP contribution >= 0.6 is 15.9 Å². The number of hydrogen-bond acceptors (Lipinski definition) is 1. The van der Waals surface area contributed by atoms with Crippen LogP contribution in [0.2, 0.25) is 0 Å². The highest BCUT2D eigenvalue weighted by Gasteiger charge is 2.02. The Kier molecular flexibility index (Phi) is 2.89. The number of rotatable bonds is 3. The van der Waals surface area contributed by atoms with Crippen LogP contribution in [0.4, 0.5) is 0 Å². The third-order valence-electron chi connectivity index (χ3n) is 2.23. The van der Waals surface area contributed by atoms with Crippen molar-refractivity contribution in [2.75, 3.05) is 6.54 Å². The highest BCUT2D eigenvalue weighted by Crippen LogP contribution is 2.24. The van der Waals surface area contributed by atoms with E-state index in [2.05, 4.69) is 51.4 Å². The minimum Gasteiger partial charge on any atom is -0.357 e. The van der Waals surface area contributed by atoms with E-state index >= 15 is 0 Å². The van der Waals surface area contributed by atoms with Crippen molar-refractivity contribution in [3.63, 3.8) is 0 Å².